The first kappa shape index (κ1) is 34.8. The second kappa shape index (κ2) is 13.9. The number of hydrogen-bond donors (Lipinski definition) is 0. The lowest BCUT2D eigenvalue weighted by molar-refractivity contribution is 0.660. The van der Waals surface area contributed by atoms with Crippen LogP contribution in [0.25, 0.3) is 54.6 Å². The van der Waals surface area contributed by atoms with Crippen LogP contribution >= 0.6 is 0 Å². The topological polar surface area (TPSA) is 6.48 Å². The molecule has 1 aliphatic carbocycles. The molecule has 1 aliphatic rings. The van der Waals surface area contributed by atoms with Crippen LogP contribution in [0.15, 0.2) is 218 Å². The van der Waals surface area contributed by atoms with Crippen molar-refractivity contribution in [1.82, 2.24) is 0 Å². The summed E-state index contributed by atoms with van der Waals surface area (Å²) in [6.45, 7) is 4.72. The molecule has 11 rings (SSSR count). The lowest BCUT2D eigenvalue weighted by Crippen LogP contribution is -2.17. The van der Waals surface area contributed by atoms with Crippen molar-refractivity contribution in [2.45, 2.75) is 19.3 Å². The van der Waals surface area contributed by atoms with E-state index in [0.717, 1.165) is 34.1 Å². The van der Waals surface area contributed by atoms with Crippen LogP contribution < -0.4 is 9.80 Å². The lowest BCUT2D eigenvalue weighted by Gasteiger charge is -2.31. The normalized spacial score (nSPS) is 12.7. The van der Waals surface area contributed by atoms with Gasteiger partial charge in [-0.2, -0.15) is 0 Å². The van der Waals surface area contributed by atoms with Crippen molar-refractivity contribution < 1.29 is 0 Å². The number of rotatable bonds is 7. The molecule has 0 radical (unpaired) electrons. The predicted molar refractivity (Wildman–Crippen MR) is 251 cm³/mol. The van der Waals surface area contributed by atoms with Crippen molar-refractivity contribution >= 4 is 66.4 Å². The van der Waals surface area contributed by atoms with Gasteiger partial charge in [-0.25, -0.2) is 0 Å². The first-order valence-electron chi connectivity index (χ1n) is 20.5. The van der Waals surface area contributed by atoms with Gasteiger partial charge >= 0.3 is 0 Å². The summed E-state index contributed by atoms with van der Waals surface area (Å²) in [7, 11) is 0. The molecule has 0 unspecified atom stereocenters. The largest absolute Gasteiger partial charge is 0.310 e. The maximum absolute atomic E-state index is 2.45. The zero-order valence-corrected chi connectivity index (χ0v) is 33.2. The zero-order valence-electron chi connectivity index (χ0n) is 33.2. The first-order valence-corrected chi connectivity index (χ1v) is 20.5. The van der Waals surface area contributed by atoms with E-state index < -0.39 is 0 Å². The molecule has 59 heavy (non-hydrogen) atoms. The van der Waals surface area contributed by atoms with Crippen LogP contribution in [0.3, 0.4) is 0 Å². The molecular weight excluding hydrogens is 713 g/mol. The molecule has 0 N–H and O–H groups in total. The summed E-state index contributed by atoms with van der Waals surface area (Å²) in [5, 5.41) is 7.27. The predicted octanol–water partition coefficient (Wildman–Crippen LogP) is 16.1. The second-order valence-electron chi connectivity index (χ2n) is 16.2. The number of benzene rings is 10. The van der Waals surface area contributed by atoms with E-state index in [1.807, 2.05) is 0 Å². The highest BCUT2D eigenvalue weighted by molar-refractivity contribution is 6.00. The van der Waals surface area contributed by atoms with Crippen LogP contribution in [-0.4, -0.2) is 0 Å². The van der Waals surface area contributed by atoms with E-state index in [9.17, 15) is 0 Å². The first-order chi connectivity index (χ1) is 29.0. The van der Waals surface area contributed by atoms with Gasteiger partial charge in [-0.1, -0.05) is 166 Å². The summed E-state index contributed by atoms with van der Waals surface area (Å²) in [5.74, 6) is 0. The molecular formula is C57H42N2. The Morgan fingerprint density at radius 1 is 0.288 bits per heavy atom. The van der Waals surface area contributed by atoms with Crippen molar-refractivity contribution in [3.05, 3.63) is 230 Å². The number of anilines is 6. The standard InChI is InChI=1S/C57H42N2/c1-57(2)54-26-13-12-25-51(54)52-32-31-50(38-55(52)57)58(48-29-27-39-15-6-8-19-42(39)33-48)46-23-14-24-47(37-46)59(49-30-28-40-16-7-9-20-43(40)34-49)56-36-45-22-11-10-21-44(45)35-53(56)41-17-4-3-5-18-41/h3-38H,1-2H3. The van der Waals surface area contributed by atoms with Crippen molar-refractivity contribution in [3.63, 3.8) is 0 Å². The van der Waals surface area contributed by atoms with E-state index >= 15 is 0 Å². The summed E-state index contributed by atoms with van der Waals surface area (Å²) in [5.41, 5.74) is 14.2. The minimum atomic E-state index is -0.129. The number of hydrogen-bond acceptors (Lipinski definition) is 2. The van der Waals surface area contributed by atoms with Crippen molar-refractivity contribution in [3.8, 4) is 22.3 Å². The molecule has 0 aliphatic heterocycles. The zero-order chi connectivity index (χ0) is 39.5. The Kier molecular flexibility index (Phi) is 8.20. The smallest absolute Gasteiger partial charge is 0.0546 e. The van der Waals surface area contributed by atoms with Crippen LogP contribution in [0, 0.1) is 0 Å². The Balaban J connectivity index is 1.15. The molecule has 0 aromatic heterocycles. The fourth-order valence-electron chi connectivity index (χ4n) is 9.37. The molecule has 0 spiro atoms. The summed E-state index contributed by atoms with van der Waals surface area (Å²) >= 11 is 0. The molecule has 10 aromatic carbocycles. The molecule has 0 bridgehead atoms. The van der Waals surface area contributed by atoms with Gasteiger partial charge < -0.3 is 9.80 Å². The van der Waals surface area contributed by atoms with Gasteiger partial charge in [-0.15, -0.1) is 0 Å². The quantitative estimate of drug-likeness (QED) is 0.160. The maximum atomic E-state index is 2.45. The van der Waals surface area contributed by atoms with E-state index in [1.54, 1.807) is 0 Å². The highest BCUT2D eigenvalue weighted by Crippen LogP contribution is 2.51. The Hall–Kier alpha value is -7.42. The summed E-state index contributed by atoms with van der Waals surface area (Å²) in [4.78, 5) is 4.89. The van der Waals surface area contributed by atoms with Crippen molar-refractivity contribution in [1.29, 1.82) is 0 Å². The van der Waals surface area contributed by atoms with Crippen LogP contribution in [0.1, 0.15) is 25.0 Å². The molecule has 10 aromatic rings. The van der Waals surface area contributed by atoms with Crippen LogP contribution in [-0.2, 0) is 5.41 Å². The average molecular weight is 755 g/mol. The third-order valence-corrected chi connectivity index (χ3v) is 12.3. The fraction of sp³-hybridized carbons (Fsp3) is 0.0526. The van der Waals surface area contributed by atoms with E-state index in [-0.39, 0.29) is 5.41 Å². The molecule has 0 fully saturated rings. The lowest BCUT2D eigenvalue weighted by atomic mass is 9.82. The van der Waals surface area contributed by atoms with Crippen molar-refractivity contribution in [2.75, 3.05) is 9.80 Å². The summed E-state index contributed by atoms with van der Waals surface area (Å²) in [6.07, 6.45) is 0. The Morgan fingerprint density at radius 2 is 0.763 bits per heavy atom. The molecule has 0 heterocycles. The van der Waals surface area contributed by atoms with E-state index in [0.29, 0.717) is 0 Å². The maximum Gasteiger partial charge on any atom is 0.0546 e. The third-order valence-electron chi connectivity index (χ3n) is 12.3. The average Bonchev–Trinajstić information content (AvgIpc) is 3.52. The van der Waals surface area contributed by atoms with Crippen LogP contribution in [0.2, 0.25) is 0 Å². The van der Waals surface area contributed by atoms with Crippen LogP contribution in [0.4, 0.5) is 34.1 Å². The van der Waals surface area contributed by atoms with E-state index in [4.69, 9.17) is 0 Å². The Labute approximate surface area is 345 Å². The van der Waals surface area contributed by atoms with Gasteiger partial charge in [0.2, 0.25) is 0 Å². The highest BCUT2D eigenvalue weighted by Gasteiger charge is 2.36. The van der Waals surface area contributed by atoms with Gasteiger partial charge in [0.25, 0.3) is 0 Å². The SMILES string of the molecule is CC1(C)c2ccccc2-c2ccc(N(c3cccc(N(c4ccc5ccccc5c4)c4cc5ccccc5cc4-c4ccccc4)c3)c3ccc4ccccc4c3)cc21. The summed E-state index contributed by atoms with van der Waals surface area (Å²) in [6, 6.07) is 80.2. The Bertz CT molecular complexity index is 3210. The summed E-state index contributed by atoms with van der Waals surface area (Å²) < 4.78 is 0. The molecule has 0 saturated heterocycles. The van der Waals surface area contributed by atoms with Gasteiger partial charge in [0.1, 0.15) is 0 Å². The van der Waals surface area contributed by atoms with Crippen LogP contribution in [0.5, 0.6) is 0 Å². The van der Waals surface area contributed by atoms with Gasteiger partial charge in [-0.3, -0.25) is 0 Å². The minimum absolute atomic E-state index is 0.129. The molecule has 2 nitrogen and oxygen atoms in total. The Morgan fingerprint density at radius 3 is 1.44 bits per heavy atom. The molecule has 0 saturated carbocycles. The minimum Gasteiger partial charge on any atom is -0.310 e. The molecule has 280 valence electrons. The van der Waals surface area contributed by atoms with E-state index in [2.05, 4.69) is 242 Å². The highest BCUT2D eigenvalue weighted by atomic mass is 15.2. The monoisotopic (exact) mass is 754 g/mol. The van der Waals surface area contributed by atoms with Gasteiger partial charge in [0.05, 0.1) is 5.69 Å². The molecule has 0 amide bonds. The van der Waals surface area contributed by atoms with Crippen molar-refractivity contribution in [2.24, 2.45) is 0 Å². The second-order valence-corrected chi connectivity index (χ2v) is 16.2. The van der Waals surface area contributed by atoms with Gasteiger partial charge in [-0.05, 0) is 127 Å². The third kappa shape index (κ3) is 5.96. The molecule has 2 heteroatoms. The number of fused-ring (bicyclic) bond motifs is 6. The fourth-order valence-corrected chi connectivity index (χ4v) is 9.37. The van der Waals surface area contributed by atoms with Gasteiger partial charge in [0.15, 0.2) is 0 Å². The number of nitrogens with zero attached hydrogens (tertiary/aromatic N) is 2. The molecule has 0 atom stereocenters. The van der Waals surface area contributed by atoms with E-state index in [1.165, 1.54) is 65.7 Å². The van der Waals surface area contributed by atoms with Gasteiger partial charge in [0, 0.05) is 39.4 Å².